The minimum absolute atomic E-state index is 0.0106. The molecule has 0 fully saturated rings. The summed E-state index contributed by atoms with van der Waals surface area (Å²) in [7, 11) is 1.70. The van der Waals surface area contributed by atoms with Crippen LogP contribution < -0.4 is 4.74 Å². The number of hydrogen-bond acceptors (Lipinski definition) is 6. The summed E-state index contributed by atoms with van der Waals surface area (Å²) < 4.78 is 11.0. The van der Waals surface area contributed by atoms with Crippen LogP contribution in [0.2, 0.25) is 0 Å². The van der Waals surface area contributed by atoms with Gasteiger partial charge in [-0.3, -0.25) is 4.79 Å². The highest BCUT2D eigenvalue weighted by atomic mass is 32.1. The predicted octanol–water partition coefficient (Wildman–Crippen LogP) is 3.86. The van der Waals surface area contributed by atoms with Crippen molar-refractivity contribution < 1.29 is 14.1 Å². The Labute approximate surface area is 150 Å². The van der Waals surface area contributed by atoms with Crippen molar-refractivity contribution in [3.8, 4) is 16.5 Å². The molecule has 1 aromatic carbocycles. The number of para-hydroxylation sites is 1. The average Bonchev–Trinajstić information content (AvgIpc) is 3.25. The highest BCUT2D eigenvalue weighted by molar-refractivity contribution is 7.13. The molecule has 0 aliphatic rings. The number of carbonyl (C=O) groups is 1. The first-order valence-corrected chi connectivity index (χ1v) is 8.80. The van der Waals surface area contributed by atoms with E-state index in [1.165, 1.54) is 16.2 Å². The van der Waals surface area contributed by atoms with Crippen LogP contribution in [0.5, 0.6) is 5.75 Å². The fourth-order valence-corrected chi connectivity index (χ4v) is 2.95. The van der Waals surface area contributed by atoms with E-state index in [-0.39, 0.29) is 18.6 Å². The second-order valence-corrected chi connectivity index (χ2v) is 6.76. The molecule has 0 N–H and O–H groups in total. The molecule has 0 bridgehead atoms. The van der Waals surface area contributed by atoms with Gasteiger partial charge in [0.05, 0.1) is 16.5 Å². The Hall–Kier alpha value is -2.67. The minimum Gasteiger partial charge on any atom is -0.490 e. The predicted molar refractivity (Wildman–Crippen MR) is 95.6 cm³/mol. The standard InChI is InChI=1S/C18H19N3O3S/c1-12(2)23-14-8-5-4-7-13(14)18(22)21(3)11-16-19-17(20-24-16)15-9-6-10-25-15/h4-10,12H,11H2,1-3H3. The Balaban J connectivity index is 1.73. The lowest BCUT2D eigenvalue weighted by Crippen LogP contribution is -2.27. The second-order valence-electron chi connectivity index (χ2n) is 5.81. The molecule has 0 radical (unpaired) electrons. The number of ether oxygens (including phenoxy) is 1. The van der Waals surface area contributed by atoms with Crippen molar-refractivity contribution in [1.29, 1.82) is 0 Å². The van der Waals surface area contributed by atoms with Crippen molar-refractivity contribution in [3.05, 3.63) is 53.2 Å². The van der Waals surface area contributed by atoms with E-state index in [2.05, 4.69) is 10.1 Å². The minimum atomic E-state index is -0.160. The molecule has 0 atom stereocenters. The monoisotopic (exact) mass is 357 g/mol. The van der Waals surface area contributed by atoms with Crippen molar-refractivity contribution in [2.45, 2.75) is 26.5 Å². The van der Waals surface area contributed by atoms with Gasteiger partial charge in [-0.15, -0.1) is 11.3 Å². The summed E-state index contributed by atoms with van der Waals surface area (Å²) in [6.07, 6.45) is -0.0106. The van der Waals surface area contributed by atoms with Crippen LogP contribution in [-0.4, -0.2) is 34.1 Å². The lowest BCUT2D eigenvalue weighted by atomic mass is 10.1. The van der Waals surface area contributed by atoms with E-state index in [0.29, 0.717) is 23.0 Å². The molecule has 3 rings (SSSR count). The summed E-state index contributed by atoms with van der Waals surface area (Å²) in [6, 6.07) is 11.1. The molecule has 0 aliphatic heterocycles. The number of nitrogens with zero attached hydrogens (tertiary/aromatic N) is 3. The third kappa shape index (κ3) is 4.06. The molecule has 0 saturated carbocycles. The summed E-state index contributed by atoms with van der Waals surface area (Å²) in [4.78, 5) is 19.6. The van der Waals surface area contributed by atoms with Gasteiger partial charge in [-0.05, 0) is 37.4 Å². The number of hydrogen-bond donors (Lipinski definition) is 0. The molecule has 25 heavy (non-hydrogen) atoms. The van der Waals surface area contributed by atoms with Crippen molar-refractivity contribution in [3.63, 3.8) is 0 Å². The third-order valence-corrected chi connectivity index (χ3v) is 4.27. The Bertz CT molecular complexity index is 843. The first-order chi connectivity index (χ1) is 12.0. The average molecular weight is 357 g/mol. The zero-order valence-electron chi connectivity index (χ0n) is 14.3. The summed E-state index contributed by atoms with van der Waals surface area (Å²) >= 11 is 1.54. The second kappa shape index (κ2) is 7.48. The van der Waals surface area contributed by atoms with Gasteiger partial charge in [0.1, 0.15) is 12.3 Å². The fourth-order valence-electron chi connectivity index (χ4n) is 2.31. The summed E-state index contributed by atoms with van der Waals surface area (Å²) in [5.74, 6) is 1.34. The van der Waals surface area contributed by atoms with Crippen molar-refractivity contribution in [2.24, 2.45) is 0 Å². The molecule has 0 aliphatic carbocycles. The van der Waals surface area contributed by atoms with Crippen LogP contribution in [0.4, 0.5) is 0 Å². The first kappa shape index (κ1) is 17.2. The number of aromatic nitrogens is 2. The van der Waals surface area contributed by atoms with Crippen LogP contribution in [0.3, 0.4) is 0 Å². The van der Waals surface area contributed by atoms with E-state index in [0.717, 1.165) is 4.88 Å². The van der Waals surface area contributed by atoms with Gasteiger partial charge in [0.2, 0.25) is 11.7 Å². The van der Waals surface area contributed by atoms with Crippen LogP contribution in [0.25, 0.3) is 10.7 Å². The topological polar surface area (TPSA) is 68.5 Å². The SMILES string of the molecule is CC(C)Oc1ccccc1C(=O)N(C)Cc1nc(-c2cccs2)no1. The van der Waals surface area contributed by atoms with Gasteiger partial charge in [0.25, 0.3) is 5.91 Å². The van der Waals surface area contributed by atoms with Crippen molar-refractivity contribution in [2.75, 3.05) is 7.05 Å². The number of rotatable bonds is 6. The van der Waals surface area contributed by atoms with Crippen LogP contribution in [0, 0.1) is 0 Å². The van der Waals surface area contributed by atoms with Crippen LogP contribution in [0.1, 0.15) is 30.1 Å². The van der Waals surface area contributed by atoms with Gasteiger partial charge in [0.15, 0.2) is 0 Å². The smallest absolute Gasteiger partial charge is 0.257 e. The normalized spacial score (nSPS) is 10.9. The molecule has 0 unspecified atom stereocenters. The van der Waals surface area contributed by atoms with Crippen LogP contribution in [-0.2, 0) is 6.54 Å². The van der Waals surface area contributed by atoms with Gasteiger partial charge in [0, 0.05) is 7.05 Å². The molecule has 1 amide bonds. The number of carbonyl (C=O) groups excluding carboxylic acids is 1. The van der Waals surface area contributed by atoms with Crippen LogP contribution in [0.15, 0.2) is 46.3 Å². The Morgan fingerprint density at radius 1 is 1.28 bits per heavy atom. The van der Waals surface area contributed by atoms with E-state index >= 15 is 0 Å². The lowest BCUT2D eigenvalue weighted by Gasteiger charge is -2.18. The molecule has 0 saturated heterocycles. The maximum absolute atomic E-state index is 12.7. The molecule has 130 valence electrons. The highest BCUT2D eigenvalue weighted by Gasteiger charge is 2.20. The van der Waals surface area contributed by atoms with E-state index in [4.69, 9.17) is 9.26 Å². The number of benzene rings is 1. The summed E-state index contributed by atoms with van der Waals surface area (Å²) in [5, 5.41) is 5.91. The van der Waals surface area contributed by atoms with Gasteiger partial charge >= 0.3 is 0 Å². The summed E-state index contributed by atoms with van der Waals surface area (Å²) in [6.45, 7) is 4.08. The van der Waals surface area contributed by atoms with Crippen molar-refractivity contribution in [1.82, 2.24) is 15.0 Å². The quantitative estimate of drug-likeness (QED) is 0.670. The van der Waals surface area contributed by atoms with E-state index in [1.54, 1.807) is 19.2 Å². The molecule has 0 spiro atoms. The Morgan fingerprint density at radius 3 is 2.80 bits per heavy atom. The maximum Gasteiger partial charge on any atom is 0.257 e. The number of amides is 1. The molecule has 3 aromatic rings. The molecule has 7 heteroatoms. The zero-order valence-corrected chi connectivity index (χ0v) is 15.1. The van der Waals surface area contributed by atoms with Gasteiger partial charge in [-0.25, -0.2) is 0 Å². The van der Waals surface area contributed by atoms with E-state index in [9.17, 15) is 4.79 Å². The molecule has 2 aromatic heterocycles. The Kier molecular flexibility index (Phi) is 5.14. The Morgan fingerprint density at radius 2 is 2.08 bits per heavy atom. The van der Waals surface area contributed by atoms with E-state index < -0.39 is 0 Å². The fraction of sp³-hybridized carbons (Fsp3) is 0.278. The largest absolute Gasteiger partial charge is 0.490 e. The van der Waals surface area contributed by atoms with E-state index in [1.807, 2.05) is 43.5 Å². The van der Waals surface area contributed by atoms with Crippen molar-refractivity contribution >= 4 is 17.2 Å². The zero-order chi connectivity index (χ0) is 17.8. The molecular formula is C18H19N3O3S. The highest BCUT2D eigenvalue weighted by Crippen LogP contribution is 2.23. The van der Waals surface area contributed by atoms with Gasteiger partial charge < -0.3 is 14.2 Å². The van der Waals surface area contributed by atoms with Crippen LogP contribution >= 0.6 is 11.3 Å². The first-order valence-electron chi connectivity index (χ1n) is 7.92. The molecular weight excluding hydrogens is 338 g/mol. The van der Waals surface area contributed by atoms with Gasteiger partial charge in [-0.2, -0.15) is 4.98 Å². The molecule has 6 nitrogen and oxygen atoms in total. The number of thiophene rings is 1. The third-order valence-electron chi connectivity index (χ3n) is 3.41. The lowest BCUT2D eigenvalue weighted by molar-refractivity contribution is 0.0763. The van der Waals surface area contributed by atoms with Gasteiger partial charge in [-0.1, -0.05) is 23.4 Å². The maximum atomic E-state index is 12.7. The summed E-state index contributed by atoms with van der Waals surface area (Å²) in [5.41, 5.74) is 0.511. The molecule has 2 heterocycles.